The zero-order valence-electron chi connectivity index (χ0n) is 22.3. The van der Waals surface area contributed by atoms with Gasteiger partial charge in [0.1, 0.15) is 12.3 Å². The minimum atomic E-state index is -4.08. The normalized spacial score (nSPS) is 11.2. The second-order valence-corrected chi connectivity index (χ2v) is 11.3. The predicted molar refractivity (Wildman–Crippen MR) is 151 cm³/mol. The molecule has 0 aliphatic rings. The number of nitrogens with one attached hydrogen (secondary N) is 1. The molecule has 0 fully saturated rings. The summed E-state index contributed by atoms with van der Waals surface area (Å²) in [5, 5.41) is 2.82. The van der Waals surface area contributed by atoms with Crippen LogP contribution in [0.2, 0.25) is 0 Å². The highest BCUT2D eigenvalue weighted by atomic mass is 32.2. The zero-order chi connectivity index (χ0) is 27.7. The van der Waals surface area contributed by atoms with Gasteiger partial charge in [0.2, 0.25) is 5.91 Å². The van der Waals surface area contributed by atoms with Crippen molar-refractivity contribution in [2.75, 3.05) is 30.8 Å². The summed E-state index contributed by atoms with van der Waals surface area (Å²) < 4.78 is 45.5. The molecule has 0 aliphatic heterocycles. The number of sulfonamides is 1. The highest BCUT2D eigenvalue weighted by Crippen LogP contribution is 2.33. The number of hydrogen-bond acceptors (Lipinski definition) is 7. The number of thioether (sulfide) groups is 1. The van der Waals surface area contributed by atoms with Crippen LogP contribution in [0.25, 0.3) is 0 Å². The van der Waals surface area contributed by atoms with E-state index in [0.29, 0.717) is 23.9 Å². The molecular formula is C28H34N2O6S2. The van der Waals surface area contributed by atoms with E-state index >= 15 is 0 Å². The molecule has 10 heteroatoms. The number of carbonyl (C=O) groups excluding carboxylic acids is 1. The molecule has 1 N–H and O–H groups in total. The number of anilines is 1. The Balaban J connectivity index is 1.87. The van der Waals surface area contributed by atoms with Gasteiger partial charge in [-0.2, -0.15) is 0 Å². The van der Waals surface area contributed by atoms with E-state index in [2.05, 4.69) is 5.32 Å². The van der Waals surface area contributed by atoms with Gasteiger partial charge in [-0.15, -0.1) is 11.8 Å². The summed E-state index contributed by atoms with van der Waals surface area (Å²) in [4.78, 5) is 14.1. The van der Waals surface area contributed by atoms with Gasteiger partial charge in [0.05, 0.1) is 30.4 Å². The maximum Gasteiger partial charge on any atom is 0.264 e. The molecule has 3 aromatic rings. The van der Waals surface area contributed by atoms with Gasteiger partial charge in [-0.25, -0.2) is 8.42 Å². The molecule has 204 valence electrons. The number of methoxy groups -OCH3 is 1. The predicted octanol–water partition coefficient (Wildman–Crippen LogP) is 5.11. The average molecular weight is 559 g/mol. The van der Waals surface area contributed by atoms with Crippen LogP contribution in [0.5, 0.6) is 17.2 Å². The Hall–Kier alpha value is -3.37. The molecule has 0 aliphatic carbocycles. The Bertz CT molecular complexity index is 1330. The molecule has 0 atom stereocenters. The van der Waals surface area contributed by atoms with E-state index in [-0.39, 0.29) is 23.2 Å². The summed E-state index contributed by atoms with van der Waals surface area (Å²) in [6, 6.07) is 18.7. The van der Waals surface area contributed by atoms with Crippen molar-refractivity contribution in [3.05, 3.63) is 72.3 Å². The molecule has 0 bridgehead atoms. The molecule has 0 saturated carbocycles. The average Bonchev–Trinajstić information content (AvgIpc) is 2.91. The van der Waals surface area contributed by atoms with Crippen LogP contribution in [0.4, 0.5) is 5.69 Å². The fourth-order valence-corrected chi connectivity index (χ4v) is 5.52. The van der Waals surface area contributed by atoms with Crippen LogP contribution in [0.1, 0.15) is 26.3 Å². The van der Waals surface area contributed by atoms with Crippen molar-refractivity contribution in [3.8, 4) is 17.2 Å². The topological polar surface area (TPSA) is 94.2 Å². The molecule has 3 aromatic carbocycles. The third-order valence-electron chi connectivity index (χ3n) is 5.45. The summed E-state index contributed by atoms with van der Waals surface area (Å²) in [7, 11) is -2.53. The van der Waals surface area contributed by atoms with Gasteiger partial charge in [-0.1, -0.05) is 18.2 Å². The number of benzene rings is 3. The Kier molecular flexibility index (Phi) is 10.3. The minimum absolute atomic E-state index is 0.0149. The summed E-state index contributed by atoms with van der Waals surface area (Å²) in [6.07, 6.45) is 1.90. The second-order valence-electron chi connectivity index (χ2n) is 8.52. The first-order valence-corrected chi connectivity index (χ1v) is 14.8. The van der Waals surface area contributed by atoms with Gasteiger partial charge >= 0.3 is 0 Å². The first kappa shape index (κ1) is 29.2. The largest absolute Gasteiger partial charge is 0.493 e. The molecule has 0 saturated heterocycles. The zero-order valence-corrected chi connectivity index (χ0v) is 23.9. The van der Waals surface area contributed by atoms with Crippen LogP contribution in [0, 0.1) is 0 Å². The lowest BCUT2D eigenvalue weighted by molar-refractivity contribution is -0.119. The lowest BCUT2D eigenvalue weighted by atomic mass is 10.2. The lowest BCUT2D eigenvalue weighted by Crippen LogP contribution is -2.40. The molecule has 8 nitrogen and oxygen atoms in total. The molecule has 0 unspecified atom stereocenters. The Labute approximate surface area is 229 Å². The van der Waals surface area contributed by atoms with Crippen LogP contribution in [0.15, 0.2) is 76.5 Å². The lowest BCUT2D eigenvalue weighted by Gasteiger charge is -2.26. The van der Waals surface area contributed by atoms with Crippen LogP contribution in [0.3, 0.4) is 0 Å². The SMILES string of the molecule is CCOc1ccccc1N(CC(=O)NCc1ccc(OC(C)C)c(OC)c1)S(=O)(=O)c1ccc(SC)cc1. The van der Waals surface area contributed by atoms with Crippen molar-refractivity contribution in [1.82, 2.24) is 5.32 Å². The van der Waals surface area contributed by atoms with Crippen molar-refractivity contribution in [2.24, 2.45) is 0 Å². The number of nitrogens with zero attached hydrogens (tertiary/aromatic N) is 1. The maximum absolute atomic E-state index is 13.8. The van der Waals surface area contributed by atoms with Crippen molar-refractivity contribution in [2.45, 2.75) is 43.2 Å². The van der Waals surface area contributed by atoms with E-state index in [1.807, 2.05) is 33.1 Å². The number of carbonyl (C=O) groups is 1. The third kappa shape index (κ3) is 7.35. The number of amides is 1. The van der Waals surface area contributed by atoms with Crippen LogP contribution in [-0.4, -0.2) is 46.9 Å². The fraction of sp³-hybridized carbons (Fsp3) is 0.321. The quantitative estimate of drug-likeness (QED) is 0.291. The van der Waals surface area contributed by atoms with E-state index in [1.54, 1.807) is 67.8 Å². The van der Waals surface area contributed by atoms with E-state index in [0.717, 1.165) is 14.8 Å². The van der Waals surface area contributed by atoms with Crippen LogP contribution in [-0.2, 0) is 21.4 Å². The highest BCUT2D eigenvalue weighted by molar-refractivity contribution is 7.98. The van der Waals surface area contributed by atoms with Crippen LogP contribution < -0.4 is 23.8 Å². The summed E-state index contributed by atoms with van der Waals surface area (Å²) in [6.45, 7) is 5.76. The molecule has 1 amide bonds. The first-order chi connectivity index (χ1) is 18.2. The summed E-state index contributed by atoms with van der Waals surface area (Å²) in [5.41, 5.74) is 1.07. The van der Waals surface area contributed by atoms with Gasteiger partial charge in [0.25, 0.3) is 10.0 Å². The van der Waals surface area contributed by atoms with E-state index in [1.165, 1.54) is 11.8 Å². The van der Waals surface area contributed by atoms with Crippen molar-refractivity contribution >= 4 is 33.4 Å². The Morgan fingerprint density at radius 1 is 1.00 bits per heavy atom. The minimum Gasteiger partial charge on any atom is -0.493 e. The molecule has 0 radical (unpaired) electrons. The van der Waals surface area contributed by atoms with E-state index < -0.39 is 22.5 Å². The number of rotatable bonds is 13. The van der Waals surface area contributed by atoms with Crippen molar-refractivity contribution in [1.29, 1.82) is 0 Å². The van der Waals surface area contributed by atoms with Crippen LogP contribution >= 0.6 is 11.8 Å². The monoisotopic (exact) mass is 558 g/mol. The summed E-state index contributed by atoms with van der Waals surface area (Å²) >= 11 is 1.51. The first-order valence-electron chi connectivity index (χ1n) is 12.2. The number of para-hydroxylation sites is 2. The molecule has 0 aromatic heterocycles. The molecule has 38 heavy (non-hydrogen) atoms. The van der Waals surface area contributed by atoms with Crippen molar-refractivity contribution in [3.63, 3.8) is 0 Å². The second kappa shape index (κ2) is 13.4. The van der Waals surface area contributed by atoms with E-state index in [9.17, 15) is 13.2 Å². The smallest absolute Gasteiger partial charge is 0.264 e. The standard InChI is InChI=1S/C28H34N2O6S2/c1-6-35-25-10-8-7-9-24(25)30(38(32,33)23-14-12-22(37-5)13-15-23)19-28(31)29-18-21-11-16-26(36-20(2)3)27(17-21)34-4/h7-17,20H,6,18-19H2,1-5H3,(H,29,31). The van der Waals surface area contributed by atoms with Gasteiger partial charge in [-0.05, 0) is 81.1 Å². The molecule has 0 heterocycles. The van der Waals surface area contributed by atoms with Crippen molar-refractivity contribution < 1.29 is 27.4 Å². The number of hydrogen-bond donors (Lipinski definition) is 1. The summed E-state index contributed by atoms with van der Waals surface area (Å²) in [5.74, 6) is 1.06. The fourth-order valence-electron chi connectivity index (χ4n) is 3.68. The maximum atomic E-state index is 13.8. The Morgan fingerprint density at radius 2 is 1.71 bits per heavy atom. The van der Waals surface area contributed by atoms with Gasteiger partial charge in [0.15, 0.2) is 11.5 Å². The third-order valence-corrected chi connectivity index (χ3v) is 7.97. The Morgan fingerprint density at radius 3 is 2.34 bits per heavy atom. The molecule has 3 rings (SSSR count). The number of ether oxygens (including phenoxy) is 3. The van der Waals surface area contributed by atoms with Gasteiger partial charge in [0, 0.05) is 11.4 Å². The molecule has 0 spiro atoms. The van der Waals surface area contributed by atoms with Gasteiger partial charge < -0.3 is 19.5 Å². The highest BCUT2D eigenvalue weighted by Gasteiger charge is 2.29. The molecular weight excluding hydrogens is 524 g/mol. The van der Waals surface area contributed by atoms with E-state index in [4.69, 9.17) is 14.2 Å². The van der Waals surface area contributed by atoms with Gasteiger partial charge in [-0.3, -0.25) is 9.10 Å².